The third kappa shape index (κ3) is 3.30. The van der Waals surface area contributed by atoms with Crippen molar-refractivity contribution < 1.29 is 8.42 Å². The highest BCUT2D eigenvalue weighted by atomic mass is 32.2. The monoisotopic (exact) mass is 263 g/mol. The Morgan fingerprint density at radius 1 is 1.33 bits per heavy atom. The van der Waals surface area contributed by atoms with Crippen LogP contribution in [0.3, 0.4) is 0 Å². The van der Waals surface area contributed by atoms with Crippen LogP contribution >= 0.6 is 0 Å². The smallest absolute Gasteiger partial charge is 0.207 e. The predicted molar refractivity (Wildman–Crippen MR) is 65.8 cm³/mol. The van der Waals surface area contributed by atoms with E-state index in [0.29, 0.717) is 12.8 Å². The molecule has 0 aliphatic heterocycles. The Morgan fingerprint density at radius 2 is 2.00 bits per heavy atom. The molecule has 0 radical (unpaired) electrons. The van der Waals surface area contributed by atoms with Gasteiger partial charge in [-0.1, -0.05) is 25.5 Å². The molecule has 0 bridgehead atoms. The van der Waals surface area contributed by atoms with Gasteiger partial charge in [-0.05, 0) is 18.6 Å². The minimum absolute atomic E-state index is 0.0678. The van der Waals surface area contributed by atoms with Crippen molar-refractivity contribution in [1.29, 1.82) is 10.5 Å². The molecule has 0 amide bonds. The molecular weight excluding hydrogens is 250 g/mol. The van der Waals surface area contributed by atoms with Gasteiger partial charge < -0.3 is 0 Å². The van der Waals surface area contributed by atoms with E-state index in [2.05, 4.69) is 4.72 Å². The average Bonchev–Trinajstić information content (AvgIpc) is 2.38. The summed E-state index contributed by atoms with van der Waals surface area (Å²) in [5.74, 6) is 0. The van der Waals surface area contributed by atoms with Gasteiger partial charge in [0, 0.05) is 0 Å². The molecular formula is C12H13N3O2S. The summed E-state index contributed by atoms with van der Waals surface area (Å²) in [6, 6.07) is 8.85. The van der Waals surface area contributed by atoms with Crippen LogP contribution in [0.25, 0.3) is 0 Å². The molecule has 18 heavy (non-hydrogen) atoms. The van der Waals surface area contributed by atoms with Crippen molar-refractivity contribution in [3.63, 3.8) is 0 Å². The van der Waals surface area contributed by atoms with Crippen LogP contribution in [-0.4, -0.2) is 14.5 Å². The van der Waals surface area contributed by atoms with Gasteiger partial charge in [0.2, 0.25) is 10.0 Å². The van der Waals surface area contributed by atoms with Crippen molar-refractivity contribution in [3.8, 4) is 12.1 Å². The molecule has 0 aliphatic carbocycles. The van der Waals surface area contributed by atoms with Crippen molar-refractivity contribution >= 4 is 10.0 Å². The zero-order valence-electron chi connectivity index (χ0n) is 9.92. The maximum atomic E-state index is 12.0. The van der Waals surface area contributed by atoms with E-state index < -0.39 is 16.1 Å². The van der Waals surface area contributed by atoms with E-state index in [1.807, 2.05) is 19.1 Å². The van der Waals surface area contributed by atoms with Crippen LogP contribution in [-0.2, 0) is 10.0 Å². The fourth-order valence-electron chi connectivity index (χ4n) is 1.48. The minimum atomic E-state index is -3.83. The highest BCUT2D eigenvalue weighted by Gasteiger charge is 2.21. The predicted octanol–water partition coefficient (Wildman–Crippen LogP) is 1.53. The summed E-state index contributed by atoms with van der Waals surface area (Å²) in [6.07, 6.45) is 1.13. The Hall–Kier alpha value is -1.89. The maximum Gasteiger partial charge on any atom is 0.243 e. The Bertz CT molecular complexity index is 596. The van der Waals surface area contributed by atoms with Gasteiger partial charge in [-0.2, -0.15) is 15.2 Å². The van der Waals surface area contributed by atoms with Crippen LogP contribution in [0.4, 0.5) is 0 Å². The number of nitriles is 2. The first kappa shape index (κ1) is 14.2. The van der Waals surface area contributed by atoms with E-state index in [0.717, 1.165) is 0 Å². The van der Waals surface area contributed by atoms with Crippen LogP contribution in [0.2, 0.25) is 0 Å². The van der Waals surface area contributed by atoms with Gasteiger partial charge in [-0.15, -0.1) is 0 Å². The molecule has 6 heteroatoms. The lowest BCUT2D eigenvalue weighted by atomic mass is 10.2. The number of nitrogens with zero attached hydrogens (tertiary/aromatic N) is 2. The zero-order chi connectivity index (χ0) is 13.6. The fraction of sp³-hybridized carbons (Fsp3) is 0.333. The van der Waals surface area contributed by atoms with Gasteiger partial charge in [0.15, 0.2) is 0 Å². The van der Waals surface area contributed by atoms with E-state index >= 15 is 0 Å². The van der Waals surface area contributed by atoms with E-state index in [9.17, 15) is 8.42 Å². The third-order valence-corrected chi connectivity index (χ3v) is 3.86. The second-order valence-corrected chi connectivity index (χ2v) is 5.38. The molecule has 0 fully saturated rings. The molecule has 0 aromatic heterocycles. The molecule has 0 heterocycles. The zero-order valence-corrected chi connectivity index (χ0v) is 10.7. The van der Waals surface area contributed by atoms with E-state index in [-0.39, 0.29) is 10.5 Å². The van der Waals surface area contributed by atoms with E-state index in [1.165, 1.54) is 18.2 Å². The van der Waals surface area contributed by atoms with Crippen LogP contribution < -0.4 is 4.72 Å². The number of rotatable bonds is 5. The summed E-state index contributed by atoms with van der Waals surface area (Å²) in [6.45, 7) is 1.86. The lowest BCUT2D eigenvalue weighted by molar-refractivity contribution is 0.562. The molecule has 5 nitrogen and oxygen atoms in total. The normalized spacial score (nSPS) is 12.4. The molecule has 1 unspecified atom stereocenters. The molecule has 1 aromatic carbocycles. The van der Waals surface area contributed by atoms with Gasteiger partial charge in [0.1, 0.15) is 12.1 Å². The lowest BCUT2D eigenvalue weighted by Crippen LogP contribution is -2.34. The Balaban J connectivity index is 3.08. The van der Waals surface area contributed by atoms with Crippen LogP contribution in [0, 0.1) is 22.7 Å². The van der Waals surface area contributed by atoms with E-state index in [1.54, 1.807) is 6.07 Å². The van der Waals surface area contributed by atoms with Gasteiger partial charge in [0.25, 0.3) is 0 Å². The van der Waals surface area contributed by atoms with Crippen molar-refractivity contribution in [2.45, 2.75) is 30.7 Å². The second kappa shape index (κ2) is 6.15. The first-order valence-corrected chi connectivity index (χ1v) is 6.94. The molecule has 0 saturated carbocycles. The van der Waals surface area contributed by atoms with Crippen LogP contribution in [0.15, 0.2) is 29.2 Å². The number of sulfonamides is 1. The third-order valence-electron chi connectivity index (χ3n) is 2.33. The van der Waals surface area contributed by atoms with Crippen LogP contribution in [0.5, 0.6) is 0 Å². The highest BCUT2D eigenvalue weighted by molar-refractivity contribution is 7.89. The average molecular weight is 263 g/mol. The molecule has 1 rings (SSSR count). The Labute approximate surface area is 107 Å². The molecule has 0 aliphatic rings. The molecule has 1 N–H and O–H groups in total. The van der Waals surface area contributed by atoms with Gasteiger partial charge >= 0.3 is 0 Å². The number of hydrogen-bond acceptors (Lipinski definition) is 4. The standard InChI is InChI=1S/C12H13N3O2S/c1-2-5-11(9-14)15-18(16,17)12-7-4-3-6-10(12)8-13/h3-4,6-7,11,15H,2,5H2,1H3. The first-order valence-electron chi connectivity index (χ1n) is 5.46. The SMILES string of the molecule is CCCC(C#N)NS(=O)(=O)c1ccccc1C#N. The number of nitrogens with one attached hydrogen (secondary N) is 1. The second-order valence-electron chi connectivity index (χ2n) is 3.70. The lowest BCUT2D eigenvalue weighted by Gasteiger charge is -2.11. The highest BCUT2D eigenvalue weighted by Crippen LogP contribution is 2.15. The Morgan fingerprint density at radius 3 is 2.56 bits per heavy atom. The quantitative estimate of drug-likeness (QED) is 0.871. The van der Waals surface area contributed by atoms with Gasteiger partial charge in [-0.25, -0.2) is 8.42 Å². The van der Waals surface area contributed by atoms with E-state index in [4.69, 9.17) is 10.5 Å². The summed E-state index contributed by atoms with van der Waals surface area (Å²) >= 11 is 0. The topological polar surface area (TPSA) is 93.8 Å². The molecule has 94 valence electrons. The molecule has 1 aromatic rings. The summed E-state index contributed by atoms with van der Waals surface area (Å²) in [5, 5.41) is 17.7. The fourth-order valence-corrected chi connectivity index (χ4v) is 2.82. The summed E-state index contributed by atoms with van der Waals surface area (Å²) in [7, 11) is -3.83. The van der Waals surface area contributed by atoms with Gasteiger partial charge in [-0.3, -0.25) is 0 Å². The molecule has 0 spiro atoms. The van der Waals surface area contributed by atoms with Crippen LogP contribution in [0.1, 0.15) is 25.3 Å². The van der Waals surface area contributed by atoms with Crippen molar-refractivity contribution in [2.75, 3.05) is 0 Å². The van der Waals surface area contributed by atoms with Gasteiger partial charge in [0.05, 0.1) is 16.5 Å². The Kier molecular flexibility index (Phi) is 4.85. The maximum absolute atomic E-state index is 12.0. The summed E-state index contributed by atoms with van der Waals surface area (Å²) < 4.78 is 26.4. The summed E-state index contributed by atoms with van der Waals surface area (Å²) in [4.78, 5) is -0.0937. The van der Waals surface area contributed by atoms with Crippen molar-refractivity contribution in [2.24, 2.45) is 0 Å². The van der Waals surface area contributed by atoms with Crippen molar-refractivity contribution in [3.05, 3.63) is 29.8 Å². The largest absolute Gasteiger partial charge is 0.243 e. The van der Waals surface area contributed by atoms with Crippen molar-refractivity contribution in [1.82, 2.24) is 4.72 Å². The summed E-state index contributed by atoms with van der Waals surface area (Å²) in [5.41, 5.74) is 0.0678. The number of benzene rings is 1. The number of hydrogen-bond donors (Lipinski definition) is 1. The minimum Gasteiger partial charge on any atom is -0.207 e. The molecule has 1 atom stereocenters. The molecule has 0 saturated heterocycles. The first-order chi connectivity index (χ1) is 8.55.